The third-order valence-corrected chi connectivity index (χ3v) is 4.44. The maximum atomic E-state index is 12.3. The number of benzene rings is 1. The summed E-state index contributed by atoms with van der Waals surface area (Å²) in [5.74, 6) is -0.264. The summed E-state index contributed by atoms with van der Waals surface area (Å²) in [4.78, 5) is 38.8. The normalized spacial score (nSPS) is 11.2. The van der Waals surface area contributed by atoms with Crippen molar-refractivity contribution in [3.8, 4) is 0 Å². The monoisotopic (exact) mass is 346 g/mol. The highest BCUT2D eigenvalue weighted by Crippen LogP contribution is 2.08. The van der Waals surface area contributed by atoms with E-state index in [1.54, 1.807) is 31.3 Å². The van der Waals surface area contributed by atoms with Gasteiger partial charge in [0.05, 0.1) is 11.0 Å². The highest BCUT2D eigenvalue weighted by Gasteiger charge is 2.13. The van der Waals surface area contributed by atoms with Crippen molar-refractivity contribution in [3.63, 3.8) is 0 Å². The highest BCUT2D eigenvalue weighted by atomic mass is 16.2. The molecule has 0 saturated heterocycles. The summed E-state index contributed by atoms with van der Waals surface area (Å²) in [7, 11) is 1.56. The molecule has 1 heterocycles. The minimum atomic E-state index is -0.681. The third kappa shape index (κ3) is 4.36. The molecule has 136 valence electrons. The van der Waals surface area contributed by atoms with E-state index in [0.29, 0.717) is 17.6 Å². The van der Waals surface area contributed by atoms with E-state index in [2.05, 4.69) is 24.1 Å². The molecule has 0 unspecified atom stereocenters. The topological polar surface area (TPSA) is 76.3 Å². The second kappa shape index (κ2) is 8.62. The van der Waals surface area contributed by atoms with Gasteiger partial charge >= 0.3 is 11.1 Å². The lowest BCUT2D eigenvalue weighted by atomic mass is 10.3. The molecule has 1 aromatic heterocycles. The van der Waals surface area contributed by atoms with Crippen LogP contribution in [0, 0.1) is 0 Å². The number of aromatic nitrogens is 2. The van der Waals surface area contributed by atoms with Gasteiger partial charge < -0.3 is 14.8 Å². The van der Waals surface area contributed by atoms with Crippen LogP contribution in [-0.2, 0) is 18.4 Å². The van der Waals surface area contributed by atoms with Gasteiger partial charge in [-0.25, -0.2) is 0 Å². The first-order valence-corrected chi connectivity index (χ1v) is 8.67. The molecule has 1 amide bonds. The smallest absolute Gasteiger partial charge is 0.317 e. The number of hydrogen-bond donors (Lipinski definition) is 1. The van der Waals surface area contributed by atoms with E-state index >= 15 is 0 Å². The van der Waals surface area contributed by atoms with Gasteiger partial charge in [-0.05, 0) is 38.2 Å². The summed E-state index contributed by atoms with van der Waals surface area (Å²) in [5, 5.41) is 2.83. The first kappa shape index (κ1) is 18.9. The first-order valence-electron chi connectivity index (χ1n) is 8.67. The van der Waals surface area contributed by atoms with Crippen LogP contribution in [0.2, 0.25) is 0 Å². The number of fused-ring (bicyclic) bond motifs is 1. The number of rotatable bonds is 8. The molecule has 7 nitrogen and oxygen atoms in total. The Morgan fingerprint density at radius 2 is 1.72 bits per heavy atom. The van der Waals surface area contributed by atoms with Crippen LogP contribution in [0.1, 0.15) is 20.3 Å². The molecule has 0 saturated carbocycles. The molecule has 0 bridgehead atoms. The van der Waals surface area contributed by atoms with E-state index in [1.165, 1.54) is 9.13 Å². The maximum absolute atomic E-state index is 12.3. The maximum Gasteiger partial charge on any atom is 0.317 e. The molecule has 2 aromatic rings. The summed E-state index contributed by atoms with van der Waals surface area (Å²) in [6.07, 6.45) is 0.847. The van der Waals surface area contributed by atoms with Crippen LogP contribution < -0.4 is 16.4 Å². The lowest BCUT2D eigenvalue weighted by molar-refractivity contribution is -0.121. The molecular weight excluding hydrogens is 320 g/mol. The Morgan fingerprint density at radius 3 is 2.36 bits per heavy atom. The molecule has 1 aromatic carbocycles. The Bertz CT molecular complexity index is 850. The molecule has 25 heavy (non-hydrogen) atoms. The summed E-state index contributed by atoms with van der Waals surface area (Å²) in [6.45, 7) is 7.50. The Balaban J connectivity index is 2.09. The average molecular weight is 346 g/mol. The summed E-state index contributed by atoms with van der Waals surface area (Å²) in [5.41, 5.74) is -0.109. The van der Waals surface area contributed by atoms with E-state index in [9.17, 15) is 14.4 Å². The number of carbonyl (C=O) groups is 1. The molecule has 0 radical (unpaired) electrons. The Hall–Kier alpha value is -2.41. The number of carbonyl (C=O) groups excluding carboxylic acids is 1. The second-order valence-corrected chi connectivity index (χ2v) is 5.97. The summed E-state index contributed by atoms with van der Waals surface area (Å²) < 4.78 is 2.56. The van der Waals surface area contributed by atoms with Gasteiger partial charge in [0, 0.05) is 13.6 Å². The predicted molar refractivity (Wildman–Crippen MR) is 98.9 cm³/mol. The Labute approximate surface area is 146 Å². The van der Waals surface area contributed by atoms with E-state index < -0.39 is 11.1 Å². The highest BCUT2D eigenvalue weighted by molar-refractivity contribution is 5.80. The van der Waals surface area contributed by atoms with Crippen LogP contribution in [0.25, 0.3) is 11.0 Å². The third-order valence-electron chi connectivity index (χ3n) is 4.44. The van der Waals surface area contributed by atoms with E-state index in [4.69, 9.17) is 0 Å². The van der Waals surface area contributed by atoms with E-state index in [0.717, 1.165) is 26.1 Å². The van der Waals surface area contributed by atoms with Crippen molar-refractivity contribution in [2.75, 3.05) is 26.2 Å². The number of aryl methyl sites for hydroxylation is 1. The fourth-order valence-corrected chi connectivity index (χ4v) is 2.88. The van der Waals surface area contributed by atoms with Crippen molar-refractivity contribution >= 4 is 16.9 Å². The molecule has 7 heteroatoms. The molecule has 1 N–H and O–H groups in total. The molecule has 0 spiro atoms. The average Bonchev–Trinajstić information content (AvgIpc) is 2.63. The van der Waals surface area contributed by atoms with Crippen LogP contribution in [0.15, 0.2) is 33.9 Å². The molecule has 0 aliphatic heterocycles. The zero-order chi connectivity index (χ0) is 18.4. The molecule has 0 atom stereocenters. The number of nitrogens with one attached hydrogen (secondary N) is 1. The van der Waals surface area contributed by atoms with E-state index in [-0.39, 0.29) is 12.5 Å². The minimum Gasteiger partial charge on any atom is -0.355 e. The van der Waals surface area contributed by atoms with Gasteiger partial charge in [-0.3, -0.25) is 19.0 Å². The quantitative estimate of drug-likeness (QED) is 0.559. The largest absolute Gasteiger partial charge is 0.355 e. The van der Waals surface area contributed by atoms with Crippen LogP contribution in [0.4, 0.5) is 0 Å². The molecule has 0 fully saturated rings. The van der Waals surface area contributed by atoms with Crippen molar-refractivity contribution in [2.24, 2.45) is 7.05 Å². The number of hydrogen-bond acceptors (Lipinski definition) is 4. The van der Waals surface area contributed by atoms with E-state index in [1.807, 2.05) is 0 Å². The SMILES string of the molecule is CCN(CC)CCCNC(=O)Cn1c(=O)c(=O)n(C)c2ccccc21. The minimum absolute atomic E-state index is 0.152. The first-order chi connectivity index (χ1) is 12.0. The fraction of sp³-hybridized carbons (Fsp3) is 0.500. The number of para-hydroxylation sites is 2. The zero-order valence-corrected chi connectivity index (χ0v) is 15.1. The van der Waals surface area contributed by atoms with Gasteiger partial charge in [0.25, 0.3) is 0 Å². The zero-order valence-electron chi connectivity index (χ0n) is 15.1. The number of amides is 1. The lowest BCUT2D eigenvalue weighted by Crippen LogP contribution is -2.43. The van der Waals surface area contributed by atoms with Crippen molar-refractivity contribution in [1.29, 1.82) is 0 Å². The van der Waals surface area contributed by atoms with Gasteiger partial charge in [0.1, 0.15) is 6.54 Å². The Morgan fingerprint density at radius 1 is 1.08 bits per heavy atom. The van der Waals surface area contributed by atoms with Gasteiger partial charge in [-0.1, -0.05) is 26.0 Å². The molecule has 0 aliphatic carbocycles. The second-order valence-electron chi connectivity index (χ2n) is 5.97. The standard InChI is InChI=1S/C18H26N4O3/c1-4-21(5-2)12-8-11-19-16(23)13-22-15-10-7-6-9-14(15)20(3)17(24)18(22)25/h6-7,9-10H,4-5,8,11-13H2,1-3H3,(H,19,23). The number of nitrogens with zero attached hydrogens (tertiary/aromatic N) is 3. The predicted octanol–water partition coefficient (Wildman–Crippen LogP) is 0.548. The van der Waals surface area contributed by atoms with Crippen molar-refractivity contribution in [2.45, 2.75) is 26.8 Å². The fourth-order valence-electron chi connectivity index (χ4n) is 2.88. The van der Waals surface area contributed by atoms with Gasteiger partial charge in [0.15, 0.2) is 0 Å². The molecule has 2 rings (SSSR count). The molecular formula is C18H26N4O3. The van der Waals surface area contributed by atoms with Gasteiger partial charge in [-0.2, -0.15) is 0 Å². The molecule has 0 aliphatic rings. The van der Waals surface area contributed by atoms with Crippen molar-refractivity contribution < 1.29 is 4.79 Å². The van der Waals surface area contributed by atoms with Crippen molar-refractivity contribution in [3.05, 3.63) is 45.0 Å². The van der Waals surface area contributed by atoms with Gasteiger partial charge in [-0.15, -0.1) is 0 Å². The van der Waals surface area contributed by atoms with Crippen LogP contribution >= 0.6 is 0 Å². The summed E-state index contributed by atoms with van der Waals surface area (Å²) in [6, 6.07) is 7.08. The van der Waals surface area contributed by atoms with Crippen LogP contribution in [-0.4, -0.2) is 46.1 Å². The van der Waals surface area contributed by atoms with Crippen LogP contribution in [0.3, 0.4) is 0 Å². The van der Waals surface area contributed by atoms with Gasteiger partial charge in [0.2, 0.25) is 5.91 Å². The summed E-state index contributed by atoms with van der Waals surface area (Å²) >= 11 is 0. The van der Waals surface area contributed by atoms with Crippen molar-refractivity contribution in [1.82, 2.24) is 19.4 Å². The lowest BCUT2D eigenvalue weighted by Gasteiger charge is -2.17. The Kier molecular flexibility index (Phi) is 6.52. The van der Waals surface area contributed by atoms with Crippen LogP contribution in [0.5, 0.6) is 0 Å².